The highest BCUT2D eigenvalue weighted by atomic mass is 16.5. The number of rotatable bonds is 2. The molecule has 1 aromatic heterocycles. The second-order valence-corrected chi connectivity index (χ2v) is 6.65. The number of furan rings is 1. The SMILES string of the molecule is COc1cc(C)ccc1N1c2ccccc2C(=O)Oc2c1oc1ccccc21. The van der Waals surface area contributed by atoms with Crippen LogP contribution in [0.3, 0.4) is 0 Å². The predicted molar refractivity (Wildman–Crippen MR) is 107 cm³/mol. The molecule has 5 rings (SSSR count). The lowest BCUT2D eigenvalue weighted by Gasteiger charge is -2.24. The van der Waals surface area contributed by atoms with Crippen LogP contribution in [-0.2, 0) is 0 Å². The normalized spacial score (nSPS) is 12.9. The van der Waals surface area contributed by atoms with Gasteiger partial charge in [-0.05, 0) is 48.9 Å². The first-order chi connectivity index (χ1) is 13.7. The number of ether oxygens (including phenoxy) is 2. The topological polar surface area (TPSA) is 51.9 Å². The average molecular weight is 371 g/mol. The van der Waals surface area contributed by atoms with Gasteiger partial charge < -0.3 is 13.9 Å². The Morgan fingerprint density at radius 1 is 0.929 bits per heavy atom. The number of carbonyl (C=O) groups excluding carboxylic acids is 1. The summed E-state index contributed by atoms with van der Waals surface area (Å²) in [5.41, 5.74) is 3.61. The molecule has 0 amide bonds. The van der Waals surface area contributed by atoms with Crippen LogP contribution in [0, 0.1) is 6.92 Å². The van der Waals surface area contributed by atoms with E-state index in [-0.39, 0.29) is 0 Å². The molecule has 0 unspecified atom stereocenters. The van der Waals surface area contributed by atoms with E-state index in [2.05, 4.69) is 0 Å². The quantitative estimate of drug-likeness (QED) is 0.420. The van der Waals surface area contributed by atoms with E-state index in [1.807, 2.05) is 72.5 Å². The minimum atomic E-state index is -0.419. The fourth-order valence-corrected chi connectivity index (χ4v) is 3.56. The van der Waals surface area contributed by atoms with Gasteiger partial charge in [-0.25, -0.2) is 4.79 Å². The molecule has 1 aliphatic rings. The van der Waals surface area contributed by atoms with Crippen molar-refractivity contribution in [2.45, 2.75) is 6.92 Å². The molecule has 3 aromatic carbocycles. The Morgan fingerprint density at radius 2 is 1.71 bits per heavy atom. The Bertz CT molecular complexity index is 1220. The van der Waals surface area contributed by atoms with Crippen molar-refractivity contribution in [2.24, 2.45) is 0 Å². The maximum absolute atomic E-state index is 12.9. The number of benzene rings is 3. The molecule has 0 bridgehead atoms. The molecule has 1 aliphatic heterocycles. The van der Waals surface area contributed by atoms with E-state index in [1.165, 1.54) is 0 Å². The van der Waals surface area contributed by atoms with Gasteiger partial charge in [0.15, 0.2) is 0 Å². The lowest BCUT2D eigenvalue weighted by atomic mass is 10.1. The molecule has 0 fully saturated rings. The number of hydrogen-bond donors (Lipinski definition) is 0. The highest BCUT2D eigenvalue weighted by Gasteiger charge is 2.33. The Labute approximate surface area is 161 Å². The third-order valence-electron chi connectivity index (χ3n) is 4.87. The Balaban J connectivity index is 1.87. The summed E-state index contributed by atoms with van der Waals surface area (Å²) >= 11 is 0. The van der Waals surface area contributed by atoms with Crippen molar-refractivity contribution < 1.29 is 18.7 Å². The molecular weight excluding hydrogens is 354 g/mol. The van der Waals surface area contributed by atoms with E-state index < -0.39 is 5.97 Å². The van der Waals surface area contributed by atoms with E-state index in [9.17, 15) is 4.79 Å². The lowest BCUT2D eigenvalue weighted by Crippen LogP contribution is -2.12. The standard InChI is InChI=1S/C23H17NO4/c1-14-11-12-18(20(13-14)26-2)24-17-9-5-3-7-15(17)23(25)28-21-16-8-4-6-10-19(16)27-22(21)24/h3-13H,1-2H3. The van der Waals surface area contributed by atoms with Gasteiger partial charge in [0.1, 0.15) is 11.3 Å². The molecular formula is C23H17NO4. The summed E-state index contributed by atoms with van der Waals surface area (Å²) in [6.07, 6.45) is 0. The average Bonchev–Trinajstić information content (AvgIpc) is 3.02. The molecule has 5 nitrogen and oxygen atoms in total. The fourth-order valence-electron chi connectivity index (χ4n) is 3.56. The fraction of sp³-hybridized carbons (Fsp3) is 0.0870. The summed E-state index contributed by atoms with van der Waals surface area (Å²) < 4.78 is 17.6. The van der Waals surface area contributed by atoms with Gasteiger partial charge in [-0.15, -0.1) is 0 Å². The lowest BCUT2D eigenvalue weighted by molar-refractivity contribution is 0.0740. The first-order valence-corrected chi connectivity index (χ1v) is 8.95. The molecule has 5 heteroatoms. The Kier molecular flexibility index (Phi) is 3.62. The van der Waals surface area contributed by atoms with Crippen molar-refractivity contribution in [1.82, 2.24) is 0 Å². The smallest absolute Gasteiger partial charge is 0.345 e. The van der Waals surface area contributed by atoms with Crippen molar-refractivity contribution in [3.63, 3.8) is 0 Å². The number of anilines is 3. The number of esters is 1. The molecule has 28 heavy (non-hydrogen) atoms. The number of carbonyl (C=O) groups is 1. The summed E-state index contributed by atoms with van der Waals surface area (Å²) in [7, 11) is 1.63. The maximum Gasteiger partial charge on any atom is 0.345 e. The first-order valence-electron chi connectivity index (χ1n) is 8.95. The first kappa shape index (κ1) is 16.4. The Morgan fingerprint density at radius 3 is 2.57 bits per heavy atom. The van der Waals surface area contributed by atoms with Crippen LogP contribution in [0.1, 0.15) is 15.9 Å². The molecule has 0 atom stereocenters. The van der Waals surface area contributed by atoms with Crippen molar-refractivity contribution >= 4 is 34.2 Å². The van der Waals surface area contributed by atoms with Crippen LogP contribution < -0.4 is 14.4 Å². The van der Waals surface area contributed by atoms with Crippen LogP contribution >= 0.6 is 0 Å². The predicted octanol–water partition coefficient (Wildman–Crippen LogP) is 5.75. The number of para-hydroxylation sites is 2. The highest BCUT2D eigenvalue weighted by molar-refractivity contribution is 6.06. The Hall–Kier alpha value is -3.73. The summed E-state index contributed by atoms with van der Waals surface area (Å²) in [6.45, 7) is 2.00. The minimum Gasteiger partial charge on any atom is -0.495 e. The van der Waals surface area contributed by atoms with Crippen LogP contribution in [-0.4, -0.2) is 13.1 Å². The third kappa shape index (κ3) is 2.36. The van der Waals surface area contributed by atoms with E-state index in [0.717, 1.165) is 16.6 Å². The van der Waals surface area contributed by atoms with E-state index in [4.69, 9.17) is 13.9 Å². The van der Waals surface area contributed by atoms with Crippen LogP contribution in [0.4, 0.5) is 17.3 Å². The van der Waals surface area contributed by atoms with Gasteiger partial charge in [0, 0.05) is 0 Å². The van der Waals surface area contributed by atoms with Gasteiger partial charge in [-0.3, -0.25) is 4.90 Å². The number of methoxy groups -OCH3 is 1. The van der Waals surface area contributed by atoms with Crippen LogP contribution in [0.25, 0.3) is 11.0 Å². The largest absolute Gasteiger partial charge is 0.495 e. The van der Waals surface area contributed by atoms with E-state index >= 15 is 0 Å². The van der Waals surface area contributed by atoms with Crippen LogP contribution in [0.5, 0.6) is 11.5 Å². The molecule has 0 aliphatic carbocycles. The summed E-state index contributed by atoms with van der Waals surface area (Å²) in [4.78, 5) is 14.8. The van der Waals surface area contributed by atoms with Crippen molar-refractivity contribution in [3.8, 4) is 11.5 Å². The number of hydrogen-bond acceptors (Lipinski definition) is 5. The van der Waals surface area contributed by atoms with Gasteiger partial charge in [0.05, 0.1) is 29.4 Å². The summed E-state index contributed by atoms with van der Waals surface area (Å²) in [5.74, 6) is 1.11. The zero-order valence-corrected chi connectivity index (χ0v) is 15.4. The minimum absolute atomic E-state index is 0.402. The highest BCUT2D eigenvalue weighted by Crippen LogP contribution is 2.51. The van der Waals surface area contributed by atoms with Crippen LogP contribution in [0.15, 0.2) is 71.1 Å². The van der Waals surface area contributed by atoms with E-state index in [0.29, 0.717) is 34.2 Å². The molecule has 0 saturated carbocycles. The molecule has 0 radical (unpaired) electrons. The number of nitrogens with zero attached hydrogens (tertiary/aromatic N) is 1. The van der Waals surface area contributed by atoms with Gasteiger partial charge in [-0.2, -0.15) is 0 Å². The van der Waals surface area contributed by atoms with Crippen molar-refractivity contribution in [3.05, 3.63) is 77.9 Å². The third-order valence-corrected chi connectivity index (χ3v) is 4.87. The molecule has 4 aromatic rings. The van der Waals surface area contributed by atoms with Crippen LogP contribution in [0.2, 0.25) is 0 Å². The zero-order valence-electron chi connectivity index (χ0n) is 15.4. The monoisotopic (exact) mass is 371 g/mol. The maximum atomic E-state index is 12.9. The van der Waals surface area contributed by atoms with Gasteiger partial charge in [0.25, 0.3) is 0 Å². The molecule has 2 heterocycles. The number of fused-ring (bicyclic) bond motifs is 4. The van der Waals surface area contributed by atoms with Crippen molar-refractivity contribution in [1.29, 1.82) is 0 Å². The van der Waals surface area contributed by atoms with Gasteiger partial charge >= 0.3 is 5.97 Å². The second-order valence-electron chi connectivity index (χ2n) is 6.65. The molecule has 138 valence electrons. The molecule has 0 spiro atoms. The van der Waals surface area contributed by atoms with Crippen molar-refractivity contribution in [2.75, 3.05) is 12.0 Å². The van der Waals surface area contributed by atoms with Gasteiger partial charge in [0.2, 0.25) is 11.6 Å². The summed E-state index contributed by atoms with van der Waals surface area (Å²) in [5, 5.41) is 0.745. The molecule has 0 saturated heterocycles. The van der Waals surface area contributed by atoms with E-state index in [1.54, 1.807) is 13.2 Å². The molecule has 0 N–H and O–H groups in total. The second kappa shape index (κ2) is 6.16. The summed E-state index contributed by atoms with van der Waals surface area (Å²) in [6, 6.07) is 20.7. The number of aryl methyl sites for hydroxylation is 1. The zero-order chi connectivity index (χ0) is 19.3. The van der Waals surface area contributed by atoms with Gasteiger partial charge in [-0.1, -0.05) is 30.3 Å².